The number of thiophene rings is 1. The Kier molecular flexibility index (Phi) is 7.15. The van der Waals surface area contributed by atoms with Crippen molar-refractivity contribution >= 4 is 29.1 Å². The van der Waals surface area contributed by atoms with E-state index in [1.807, 2.05) is 17.5 Å². The lowest BCUT2D eigenvalue weighted by molar-refractivity contribution is -0.160. The molecule has 1 atom stereocenters. The summed E-state index contributed by atoms with van der Waals surface area (Å²) in [7, 11) is 0. The molecule has 0 bridgehead atoms. The molecule has 30 heavy (non-hydrogen) atoms. The molecule has 1 aromatic heterocycles. The zero-order valence-electron chi connectivity index (χ0n) is 16.4. The van der Waals surface area contributed by atoms with Gasteiger partial charge in [0.1, 0.15) is 11.6 Å². The second-order valence-corrected chi connectivity index (χ2v) is 8.10. The Morgan fingerprint density at radius 3 is 2.60 bits per heavy atom. The van der Waals surface area contributed by atoms with Gasteiger partial charge in [-0.05, 0) is 43.3 Å². The van der Waals surface area contributed by atoms with Crippen molar-refractivity contribution in [2.45, 2.75) is 32.4 Å². The minimum Gasteiger partial charge on any atom is -0.452 e. The number of carbonyl (C=O) groups excluding carboxylic acids is 3. The molecule has 1 aliphatic heterocycles. The first-order chi connectivity index (χ1) is 14.3. The van der Waals surface area contributed by atoms with Crippen LogP contribution in [0, 0.1) is 17.6 Å². The number of hydrogen-bond acceptors (Lipinski definition) is 5. The van der Waals surface area contributed by atoms with Crippen LogP contribution >= 0.6 is 11.3 Å². The van der Waals surface area contributed by atoms with Gasteiger partial charge in [0.2, 0.25) is 0 Å². The average molecular weight is 436 g/mol. The van der Waals surface area contributed by atoms with Crippen LogP contribution in [0.2, 0.25) is 0 Å². The molecular weight excluding hydrogens is 414 g/mol. The highest BCUT2D eigenvalue weighted by Crippen LogP contribution is 2.22. The van der Waals surface area contributed by atoms with Gasteiger partial charge < -0.3 is 15.0 Å². The van der Waals surface area contributed by atoms with Crippen molar-refractivity contribution in [2.75, 3.05) is 13.1 Å². The van der Waals surface area contributed by atoms with Crippen molar-refractivity contribution in [2.24, 2.45) is 5.92 Å². The highest BCUT2D eigenvalue weighted by atomic mass is 32.1. The average Bonchev–Trinajstić information content (AvgIpc) is 3.25. The van der Waals surface area contributed by atoms with Crippen LogP contribution in [0.1, 0.15) is 35.0 Å². The number of ether oxygens (including phenoxy) is 1. The second kappa shape index (κ2) is 9.80. The summed E-state index contributed by atoms with van der Waals surface area (Å²) in [6.07, 6.45) is -0.237. The van der Waals surface area contributed by atoms with E-state index in [1.165, 1.54) is 23.2 Å². The summed E-state index contributed by atoms with van der Waals surface area (Å²) in [5.41, 5.74) is -0.200. The van der Waals surface area contributed by atoms with Gasteiger partial charge in [-0.15, -0.1) is 11.3 Å². The summed E-state index contributed by atoms with van der Waals surface area (Å²) in [4.78, 5) is 39.4. The number of nitrogens with zero attached hydrogens (tertiary/aromatic N) is 1. The molecule has 0 aliphatic carbocycles. The molecular formula is C21H22F2N2O4S. The highest BCUT2D eigenvalue weighted by Gasteiger charge is 2.31. The highest BCUT2D eigenvalue weighted by molar-refractivity contribution is 7.09. The molecule has 1 aromatic carbocycles. The Labute approximate surface area is 176 Å². The molecule has 2 aromatic rings. The van der Waals surface area contributed by atoms with E-state index in [2.05, 4.69) is 5.32 Å². The summed E-state index contributed by atoms with van der Waals surface area (Å²) >= 11 is 1.52. The maximum atomic E-state index is 13.8. The van der Waals surface area contributed by atoms with Gasteiger partial charge in [0.15, 0.2) is 6.10 Å². The number of nitrogens with one attached hydrogen (secondary N) is 1. The smallest absolute Gasteiger partial charge is 0.309 e. The molecule has 6 nitrogen and oxygen atoms in total. The summed E-state index contributed by atoms with van der Waals surface area (Å²) in [5.74, 6) is -3.52. The fourth-order valence-corrected chi connectivity index (χ4v) is 3.85. The molecule has 2 amide bonds. The van der Waals surface area contributed by atoms with E-state index in [4.69, 9.17) is 4.74 Å². The topological polar surface area (TPSA) is 75.7 Å². The van der Waals surface area contributed by atoms with Crippen molar-refractivity contribution in [1.29, 1.82) is 0 Å². The number of piperidine rings is 1. The predicted octanol–water partition coefficient (Wildman–Crippen LogP) is 3.13. The summed E-state index contributed by atoms with van der Waals surface area (Å²) in [5, 5.41) is 4.63. The number of likely N-dealkylation sites (tertiary alicyclic amines) is 1. The van der Waals surface area contributed by atoms with E-state index in [0.717, 1.165) is 17.0 Å². The Balaban J connectivity index is 1.46. The molecule has 1 fully saturated rings. The molecule has 1 N–H and O–H groups in total. The van der Waals surface area contributed by atoms with Gasteiger partial charge in [-0.3, -0.25) is 14.4 Å². The molecule has 3 rings (SSSR count). The molecule has 0 radical (unpaired) electrons. The third kappa shape index (κ3) is 5.41. The fourth-order valence-electron chi connectivity index (χ4n) is 3.21. The van der Waals surface area contributed by atoms with Gasteiger partial charge in [-0.1, -0.05) is 6.07 Å². The lowest BCUT2D eigenvalue weighted by Crippen LogP contribution is -2.42. The van der Waals surface area contributed by atoms with E-state index in [9.17, 15) is 23.2 Å². The van der Waals surface area contributed by atoms with Crippen LogP contribution in [0.3, 0.4) is 0 Å². The lowest BCUT2D eigenvalue weighted by atomic mass is 9.96. The van der Waals surface area contributed by atoms with Crippen LogP contribution in [0.25, 0.3) is 0 Å². The summed E-state index contributed by atoms with van der Waals surface area (Å²) < 4.78 is 32.1. The van der Waals surface area contributed by atoms with Crippen LogP contribution in [-0.2, 0) is 20.9 Å². The Morgan fingerprint density at radius 2 is 1.97 bits per heavy atom. The normalized spacial score (nSPS) is 15.5. The Hall–Kier alpha value is -2.81. The van der Waals surface area contributed by atoms with Crippen molar-refractivity contribution in [3.63, 3.8) is 0 Å². The molecule has 2 heterocycles. The van der Waals surface area contributed by atoms with Crippen molar-refractivity contribution in [3.05, 3.63) is 57.8 Å². The van der Waals surface area contributed by atoms with Gasteiger partial charge in [-0.2, -0.15) is 0 Å². The third-order valence-electron chi connectivity index (χ3n) is 4.96. The first kappa shape index (κ1) is 21.9. The van der Waals surface area contributed by atoms with Crippen LogP contribution in [0.15, 0.2) is 35.7 Å². The van der Waals surface area contributed by atoms with Gasteiger partial charge in [-0.25, -0.2) is 8.78 Å². The van der Waals surface area contributed by atoms with Crippen LogP contribution in [0.5, 0.6) is 0 Å². The SMILES string of the molecule is CC(OC(=O)C1CCN(C(=O)c2ccc(F)cc2F)CC1)C(=O)NCc1cccs1. The quantitative estimate of drug-likeness (QED) is 0.706. The zero-order valence-corrected chi connectivity index (χ0v) is 17.2. The van der Waals surface area contributed by atoms with Gasteiger partial charge in [0.25, 0.3) is 11.8 Å². The largest absolute Gasteiger partial charge is 0.452 e. The number of esters is 1. The number of amides is 2. The monoisotopic (exact) mass is 436 g/mol. The van der Waals surface area contributed by atoms with Crippen molar-refractivity contribution in [3.8, 4) is 0 Å². The molecule has 0 spiro atoms. The van der Waals surface area contributed by atoms with E-state index in [-0.39, 0.29) is 24.6 Å². The number of carbonyl (C=O) groups is 3. The second-order valence-electron chi connectivity index (χ2n) is 7.07. The van der Waals surface area contributed by atoms with E-state index in [0.29, 0.717) is 25.5 Å². The van der Waals surface area contributed by atoms with Crippen LogP contribution < -0.4 is 5.32 Å². The molecule has 160 valence electrons. The first-order valence-corrected chi connectivity index (χ1v) is 10.5. The minimum absolute atomic E-state index is 0.200. The molecule has 1 unspecified atom stereocenters. The maximum absolute atomic E-state index is 13.8. The standard InChI is InChI=1S/C21H22F2N2O4S/c1-13(19(26)24-12-16-3-2-10-30-16)29-21(28)14-6-8-25(9-7-14)20(27)17-5-4-15(22)11-18(17)23/h2-5,10-11,13-14H,6-9,12H2,1H3,(H,24,26). The van der Waals surface area contributed by atoms with Crippen molar-refractivity contribution in [1.82, 2.24) is 10.2 Å². The minimum atomic E-state index is -0.926. The molecule has 0 saturated carbocycles. The van der Waals surface area contributed by atoms with E-state index < -0.39 is 35.5 Å². The molecule has 1 saturated heterocycles. The molecule has 9 heteroatoms. The Bertz CT molecular complexity index is 912. The van der Waals surface area contributed by atoms with E-state index >= 15 is 0 Å². The van der Waals surface area contributed by atoms with Crippen LogP contribution in [-0.4, -0.2) is 41.9 Å². The van der Waals surface area contributed by atoms with Gasteiger partial charge in [0.05, 0.1) is 18.0 Å². The van der Waals surface area contributed by atoms with Gasteiger partial charge >= 0.3 is 5.97 Å². The lowest BCUT2D eigenvalue weighted by Gasteiger charge is -2.31. The number of hydrogen-bond donors (Lipinski definition) is 1. The number of benzene rings is 1. The maximum Gasteiger partial charge on any atom is 0.309 e. The van der Waals surface area contributed by atoms with E-state index in [1.54, 1.807) is 0 Å². The predicted molar refractivity (Wildman–Crippen MR) is 107 cm³/mol. The molecule has 1 aliphatic rings. The zero-order chi connectivity index (χ0) is 21.7. The first-order valence-electron chi connectivity index (χ1n) is 9.60. The Morgan fingerprint density at radius 1 is 1.23 bits per heavy atom. The number of halogens is 2. The summed E-state index contributed by atoms with van der Waals surface area (Å²) in [6, 6.07) is 6.60. The van der Waals surface area contributed by atoms with Crippen LogP contribution in [0.4, 0.5) is 8.78 Å². The summed E-state index contributed by atoms with van der Waals surface area (Å²) in [6.45, 7) is 2.37. The van der Waals surface area contributed by atoms with Crippen molar-refractivity contribution < 1.29 is 27.9 Å². The number of rotatable bonds is 6. The fraction of sp³-hybridized carbons (Fsp3) is 0.381. The third-order valence-corrected chi connectivity index (χ3v) is 5.83. The van der Waals surface area contributed by atoms with Gasteiger partial charge in [0, 0.05) is 24.0 Å².